The highest BCUT2D eigenvalue weighted by Gasteiger charge is 2.13. The molecule has 0 atom stereocenters. The van der Waals surface area contributed by atoms with Crippen molar-refractivity contribution in [1.29, 1.82) is 0 Å². The molecule has 0 unspecified atom stereocenters. The molecule has 1 heterocycles. The lowest BCUT2D eigenvalue weighted by Gasteiger charge is -2.09. The first-order valence-electron chi connectivity index (χ1n) is 7.58. The van der Waals surface area contributed by atoms with E-state index >= 15 is 0 Å². The smallest absolute Gasteiger partial charge is 0.277 e. The van der Waals surface area contributed by atoms with Gasteiger partial charge in [0.25, 0.3) is 5.91 Å². The van der Waals surface area contributed by atoms with E-state index in [4.69, 9.17) is 0 Å². The monoisotopic (exact) mass is 387 g/mol. The van der Waals surface area contributed by atoms with Gasteiger partial charge in [0.15, 0.2) is 5.69 Å². The van der Waals surface area contributed by atoms with Gasteiger partial charge in [-0.25, -0.2) is 0 Å². The van der Waals surface area contributed by atoms with Crippen molar-refractivity contribution in [2.45, 2.75) is 6.54 Å². The molecule has 0 aliphatic rings. The fourth-order valence-corrected chi connectivity index (χ4v) is 2.85. The number of aromatic nitrogens is 3. The summed E-state index contributed by atoms with van der Waals surface area (Å²) in [6, 6.07) is 11.7. The average Bonchev–Trinajstić information content (AvgIpc) is 3.05. The number of carbonyl (C=O) groups excluding carboxylic acids is 1. The Labute approximate surface area is 148 Å². The quantitative estimate of drug-likeness (QED) is 0.730. The number of amides is 1. The van der Waals surface area contributed by atoms with E-state index in [0.29, 0.717) is 12.2 Å². The van der Waals surface area contributed by atoms with Crippen LogP contribution < -0.4 is 5.32 Å². The lowest BCUT2D eigenvalue weighted by atomic mass is 10.1. The number of benzene rings is 2. The largest absolute Gasteiger partial charge is 0.320 e. The molecule has 0 bridgehead atoms. The maximum atomic E-state index is 12.4. The third-order valence-electron chi connectivity index (χ3n) is 3.67. The SMILES string of the molecule is CN(C)CCn1cc(C(=O)Nc2ccc(Br)c3ccccc23)nn1. The second-order valence-electron chi connectivity index (χ2n) is 5.76. The molecule has 6 nitrogen and oxygen atoms in total. The fraction of sp³-hybridized carbons (Fsp3) is 0.235. The molecule has 0 spiro atoms. The van der Waals surface area contributed by atoms with Gasteiger partial charge in [-0.2, -0.15) is 0 Å². The van der Waals surface area contributed by atoms with E-state index in [1.54, 1.807) is 10.9 Å². The number of likely N-dealkylation sites (N-methyl/N-ethyl adjacent to an activating group) is 1. The van der Waals surface area contributed by atoms with E-state index < -0.39 is 0 Å². The zero-order valence-corrected chi connectivity index (χ0v) is 15.1. The molecule has 0 saturated heterocycles. The van der Waals surface area contributed by atoms with Crippen molar-refractivity contribution in [3.8, 4) is 0 Å². The van der Waals surface area contributed by atoms with Crippen LogP contribution in [0.15, 0.2) is 47.1 Å². The molecule has 0 radical (unpaired) electrons. The molecular weight excluding hydrogens is 370 g/mol. The minimum atomic E-state index is -0.265. The van der Waals surface area contributed by atoms with Gasteiger partial charge in [0.1, 0.15) is 0 Å². The Balaban J connectivity index is 1.79. The van der Waals surface area contributed by atoms with Crippen LogP contribution in [0.4, 0.5) is 5.69 Å². The average molecular weight is 388 g/mol. The summed E-state index contributed by atoms with van der Waals surface area (Å²) in [6.07, 6.45) is 1.67. The van der Waals surface area contributed by atoms with E-state index in [0.717, 1.165) is 27.5 Å². The standard InChI is InChI=1S/C17H18BrN5O/c1-22(2)9-10-23-11-16(20-21-23)17(24)19-15-8-7-14(18)12-5-3-4-6-13(12)15/h3-8,11H,9-10H2,1-2H3,(H,19,24). The number of carbonyl (C=O) groups is 1. The Bertz CT molecular complexity index is 874. The number of halogens is 1. The first-order valence-corrected chi connectivity index (χ1v) is 8.37. The number of hydrogen-bond donors (Lipinski definition) is 1. The molecular formula is C17H18BrN5O. The molecule has 0 aliphatic carbocycles. The molecule has 24 heavy (non-hydrogen) atoms. The molecule has 2 aromatic carbocycles. The number of fused-ring (bicyclic) bond motifs is 1. The van der Waals surface area contributed by atoms with Crippen LogP contribution in [0.2, 0.25) is 0 Å². The predicted molar refractivity (Wildman–Crippen MR) is 98.2 cm³/mol. The van der Waals surface area contributed by atoms with Crippen molar-refractivity contribution < 1.29 is 4.79 Å². The molecule has 7 heteroatoms. The van der Waals surface area contributed by atoms with E-state index in [-0.39, 0.29) is 5.91 Å². The Morgan fingerprint density at radius 2 is 1.96 bits per heavy atom. The van der Waals surface area contributed by atoms with Gasteiger partial charge >= 0.3 is 0 Å². The van der Waals surface area contributed by atoms with E-state index in [1.807, 2.05) is 50.5 Å². The first-order chi connectivity index (χ1) is 11.5. The summed E-state index contributed by atoms with van der Waals surface area (Å²) in [4.78, 5) is 14.5. The minimum Gasteiger partial charge on any atom is -0.320 e. The predicted octanol–water partition coefficient (Wildman–Crippen LogP) is 3.01. The molecule has 1 N–H and O–H groups in total. The van der Waals surface area contributed by atoms with Crippen LogP contribution in [0.25, 0.3) is 10.8 Å². The summed E-state index contributed by atoms with van der Waals surface area (Å²) in [6.45, 7) is 1.52. The number of nitrogens with zero attached hydrogens (tertiary/aromatic N) is 4. The number of anilines is 1. The molecule has 124 valence electrons. The number of nitrogens with one attached hydrogen (secondary N) is 1. The summed E-state index contributed by atoms with van der Waals surface area (Å²) < 4.78 is 2.67. The van der Waals surface area contributed by atoms with Crippen LogP contribution in [0.5, 0.6) is 0 Å². The molecule has 1 amide bonds. The summed E-state index contributed by atoms with van der Waals surface area (Å²) >= 11 is 3.53. The van der Waals surface area contributed by atoms with Crippen LogP contribution in [-0.2, 0) is 6.54 Å². The van der Waals surface area contributed by atoms with Gasteiger partial charge in [-0.15, -0.1) is 5.10 Å². The molecule has 1 aromatic heterocycles. The fourth-order valence-electron chi connectivity index (χ4n) is 2.37. The Morgan fingerprint density at radius 3 is 2.71 bits per heavy atom. The van der Waals surface area contributed by atoms with Crippen LogP contribution in [0.1, 0.15) is 10.5 Å². The zero-order chi connectivity index (χ0) is 17.1. The summed E-state index contributed by atoms with van der Waals surface area (Å²) in [7, 11) is 3.98. The molecule has 0 saturated carbocycles. The highest BCUT2D eigenvalue weighted by Crippen LogP contribution is 2.30. The number of rotatable bonds is 5. The topological polar surface area (TPSA) is 63.1 Å². The summed E-state index contributed by atoms with van der Waals surface area (Å²) in [5.74, 6) is -0.265. The lowest BCUT2D eigenvalue weighted by molar-refractivity contribution is 0.102. The highest BCUT2D eigenvalue weighted by atomic mass is 79.9. The second-order valence-corrected chi connectivity index (χ2v) is 6.62. The van der Waals surface area contributed by atoms with Crippen LogP contribution in [0.3, 0.4) is 0 Å². The Hall–Kier alpha value is -2.25. The van der Waals surface area contributed by atoms with Crippen molar-refractivity contribution in [1.82, 2.24) is 19.9 Å². The zero-order valence-electron chi connectivity index (χ0n) is 13.5. The van der Waals surface area contributed by atoms with Gasteiger partial charge in [-0.1, -0.05) is 45.4 Å². The highest BCUT2D eigenvalue weighted by molar-refractivity contribution is 9.10. The third kappa shape index (κ3) is 3.63. The van der Waals surface area contributed by atoms with Gasteiger partial charge in [0.2, 0.25) is 0 Å². The molecule has 0 aliphatic heterocycles. The Kier molecular flexibility index (Phi) is 4.92. The van der Waals surface area contributed by atoms with Gasteiger partial charge in [-0.05, 0) is 31.6 Å². The molecule has 3 aromatic rings. The first kappa shape index (κ1) is 16.6. The van der Waals surface area contributed by atoms with Crippen LogP contribution in [-0.4, -0.2) is 46.4 Å². The maximum Gasteiger partial charge on any atom is 0.277 e. The van der Waals surface area contributed by atoms with Crippen molar-refractivity contribution in [3.05, 3.63) is 52.8 Å². The van der Waals surface area contributed by atoms with Crippen LogP contribution >= 0.6 is 15.9 Å². The van der Waals surface area contributed by atoms with E-state index in [1.165, 1.54) is 0 Å². The Morgan fingerprint density at radius 1 is 1.21 bits per heavy atom. The van der Waals surface area contributed by atoms with Crippen molar-refractivity contribution in [2.24, 2.45) is 0 Å². The normalized spacial score (nSPS) is 11.2. The number of hydrogen-bond acceptors (Lipinski definition) is 4. The minimum absolute atomic E-state index is 0.265. The van der Waals surface area contributed by atoms with E-state index in [2.05, 4.69) is 36.5 Å². The van der Waals surface area contributed by atoms with Gasteiger partial charge < -0.3 is 10.2 Å². The van der Waals surface area contributed by atoms with Crippen LogP contribution in [0, 0.1) is 0 Å². The van der Waals surface area contributed by atoms with E-state index in [9.17, 15) is 4.79 Å². The van der Waals surface area contributed by atoms with Crippen molar-refractivity contribution >= 4 is 38.3 Å². The second kappa shape index (κ2) is 7.11. The van der Waals surface area contributed by atoms with Gasteiger partial charge in [0.05, 0.1) is 12.7 Å². The van der Waals surface area contributed by atoms with Crippen molar-refractivity contribution in [3.63, 3.8) is 0 Å². The van der Waals surface area contributed by atoms with Gasteiger partial charge in [-0.3, -0.25) is 9.48 Å². The maximum absolute atomic E-state index is 12.4. The molecule has 0 fully saturated rings. The summed E-state index contributed by atoms with van der Waals surface area (Å²) in [5.41, 5.74) is 1.06. The third-order valence-corrected chi connectivity index (χ3v) is 4.36. The van der Waals surface area contributed by atoms with Crippen molar-refractivity contribution in [2.75, 3.05) is 26.0 Å². The summed E-state index contributed by atoms with van der Waals surface area (Å²) in [5, 5.41) is 12.9. The molecule has 3 rings (SSSR count). The van der Waals surface area contributed by atoms with Gasteiger partial charge in [0, 0.05) is 22.1 Å². The lowest BCUT2D eigenvalue weighted by Crippen LogP contribution is -2.18.